The maximum Gasteiger partial charge on any atom is 0.412 e. The Kier molecular flexibility index (Phi) is 4.70. The molecule has 4 nitrogen and oxygen atoms in total. The number of amides is 1. The highest BCUT2D eigenvalue weighted by Gasteiger charge is 2.19. The first-order valence-corrected chi connectivity index (χ1v) is 7.37. The largest absolute Gasteiger partial charge is 0.444 e. The zero-order valence-electron chi connectivity index (χ0n) is 12.8. The molecule has 1 aliphatic carbocycles. The maximum absolute atomic E-state index is 13.4. The number of hydrogen-bond acceptors (Lipinski definition) is 3. The van der Waals surface area contributed by atoms with Crippen LogP contribution in [0.5, 0.6) is 0 Å². The number of nitrogens with one attached hydrogen (secondary N) is 2. The normalized spacial score (nSPS) is 15.2. The number of benzene rings is 1. The van der Waals surface area contributed by atoms with E-state index in [4.69, 9.17) is 4.74 Å². The van der Waals surface area contributed by atoms with Crippen LogP contribution in [-0.4, -0.2) is 18.2 Å². The van der Waals surface area contributed by atoms with Gasteiger partial charge in [0.25, 0.3) is 0 Å². The molecule has 0 spiro atoms. The number of carbonyl (C=O) groups excluding carboxylic acids is 1. The molecular formula is C16H23FN2O2. The van der Waals surface area contributed by atoms with E-state index < -0.39 is 11.7 Å². The van der Waals surface area contributed by atoms with E-state index in [9.17, 15) is 9.18 Å². The Morgan fingerprint density at radius 3 is 2.62 bits per heavy atom. The van der Waals surface area contributed by atoms with Crippen LogP contribution in [0.2, 0.25) is 0 Å². The average molecular weight is 294 g/mol. The summed E-state index contributed by atoms with van der Waals surface area (Å²) in [7, 11) is 0. The van der Waals surface area contributed by atoms with Crippen molar-refractivity contribution in [2.24, 2.45) is 5.92 Å². The second-order valence-electron chi connectivity index (χ2n) is 6.49. The molecule has 5 heteroatoms. The molecule has 0 aliphatic heterocycles. The zero-order valence-corrected chi connectivity index (χ0v) is 12.8. The summed E-state index contributed by atoms with van der Waals surface area (Å²) in [6, 6.07) is 4.26. The molecule has 1 aliphatic rings. The van der Waals surface area contributed by atoms with Crippen molar-refractivity contribution < 1.29 is 13.9 Å². The number of halogens is 1. The van der Waals surface area contributed by atoms with E-state index in [1.165, 1.54) is 31.4 Å². The summed E-state index contributed by atoms with van der Waals surface area (Å²) >= 11 is 0. The molecule has 1 aromatic carbocycles. The van der Waals surface area contributed by atoms with E-state index in [0.29, 0.717) is 17.3 Å². The monoisotopic (exact) mass is 294 g/mol. The van der Waals surface area contributed by atoms with Gasteiger partial charge in [-0.25, -0.2) is 9.18 Å². The Morgan fingerprint density at radius 2 is 2.05 bits per heavy atom. The first-order valence-electron chi connectivity index (χ1n) is 7.37. The van der Waals surface area contributed by atoms with Gasteiger partial charge in [-0.1, -0.05) is 6.42 Å². The van der Waals surface area contributed by atoms with E-state index in [1.54, 1.807) is 26.8 Å². The first-order chi connectivity index (χ1) is 9.83. The van der Waals surface area contributed by atoms with Crippen LogP contribution in [0.15, 0.2) is 18.2 Å². The fourth-order valence-corrected chi connectivity index (χ4v) is 2.14. The summed E-state index contributed by atoms with van der Waals surface area (Å²) in [6.45, 7) is 6.19. The molecule has 0 atom stereocenters. The van der Waals surface area contributed by atoms with E-state index in [1.807, 2.05) is 0 Å². The maximum atomic E-state index is 13.4. The zero-order chi connectivity index (χ0) is 15.5. The average Bonchev–Trinajstić information content (AvgIpc) is 2.28. The van der Waals surface area contributed by atoms with Crippen LogP contribution < -0.4 is 10.6 Å². The van der Waals surface area contributed by atoms with Gasteiger partial charge in [0.2, 0.25) is 0 Å². The molecule has 1 amide bonds. The van der Waals surface area contributed by atoms with Crippen molar-refractivity contribution in [1.82, 2.24) is 0 Å². The van der Waals surface area contributed by atoms with Gasteiger partial charge < -0.3 is 10.1 Å². The lowest BCUT2D eigenvalue weighted by Crippen LogP contribution is -2.27. The predicted molar refractivity (Wildman–Crippen MR) is 82.1 cm³/mol. The summed E-state index contributed by atoms with van der Waals surface area (Å²) in [5.41, 5.74) is 0.557. The summed E-state index contributed by atoms with van der Waals surface area (Å²) < 4.78 is 18.6. The van der Waals surface area contributed by atoms with E-state index in [0.717, 1.165) is 6.54 Å². The Bertz CT molecular complexity index is 507. The summed E-state index contributed by atoms with van der Waals surface area (Å²) in [4.78, 5) is 11.8. The molecule has 1 fully saturated rings. The molecule has 21 heavy (non-hydrogen) atoms. The van der Waals surface area contributed by atoms with Crippen LogP contribution in [0.25, 0.3) is 0 Å². The summed E-state index contributed by atoms with van der Waals surface area (Å²) in [5, 5.41) is 5.88. The molecule has 2 rings (SSSR count). The number of ether oxygens (including phenoxy) is 1. The molecule has 0 unspecified atom stereocenters. The smallest absolute Gasteiger partial charge is 0.412 e. The molecule has 2 N–H and O–H groups in total. The van der Waals surface area contributed by atoms with Crippen molar-refractivity contribution in [1.29, 1.82) is 0 Å². The van der Waals surface area contributed by atoms with E-state index >= 15 is 0 Å². The molecule has 1 saturated carbocycles. The number of anilines is 2. The highest BCUT2D eigenvalue weighted by molar-refractivity contribution is 5.89. The molecule has 0 bridgehead atoms. The lowest BCUT2D eigenvalue weighted by atomic mass is 9.85. The topological polar surface area (TPSA) is 50.4 Å². The standard InChI is InChI=1S/C16H23FN2O2/c1-16(2,3)21-15(20)19-13-8-7-12(17)9-14(13)18-10-11-5-4-6-11/h7-9,11,18H,4-6,10H2,1-3H3,(H,19,20). The molecule has 0 heterocycles. The SMILES string of the molecule is CC(C)(C)OC(=O)Nc1ccc(F)cc1NCC1CCC1. The minimum absolute atomic E-state index is 0.333. The summed E-state index contributed by atoms with van der Waals surface area (Å²) in [5.74, 6) is 0.309. The Hall–Kier alpha value is -1.78. The fourth-order valence-electron chi connectivity index (χ4n) is 2.14. The fraction of sp³-hybridized carbons (Fsp3) is 0.562. The number of rotatable bonds is 4. The molecule has 0 aromatic heterocycles. The van der Waals surface area contributed by atoms with Gasteiger partial charge in [0.15, 0.2) is 0 Å². The third-order valence-electron chi connectivity index (χ3n) is 3.42. The first kappa shape index (κ1) is 15.6. The summed E-state index contributed by atoms with van der Waals surface area (Å²) in [6.07, 6.45) is 3.13. The highest BCUT2D eigenvalue weighted by atomic mass is 19.1. The minimum atomic E-state index is -0.566. The highest BCUT2D eigenvalue weighted by Crippen LogP contribution is 2.29. The lowest BCUT2D eigenvalue weighted by Gasteiger charge is -2.26. The van der Waals surface area contributed by atoms with Crippen LogP contribution in [0.4, 0.5) is 20.6 Å². The quantitative estimate of drug-likeness (QED) is 0.866. The van der Waals surface area contributed by atoms with Gasteiger partial charge >= 0.3 is 6.09 Å². The second kappa shape index (κ2) is 6.33. The van der Waals surface area contributed by atoms with Gasteiger partial charge in [-0.3, -0.25) is 5.32 Å². The van der Waals surface area contributed by atoms with Crippen molar-refractivity contribution in [2.75, 3.05) is 17.2 Å². The molecule has 0 saturated heterocycles. The van der Waals surface area contributed by atoms with Gasteiger partial charge in [0, 0.05) is 6.54 Å². The Balaban J connectivity index is 2.01. The van der Waals surface area contributed by atoms with Gasteiger partial charge in [0.1, 0.15) is 11.4 Å². The molecule has 0 radical (unpaired) electrons. The van der Waals surface area contributed by atoms with Gasteiger partial charge in [0.05, 0.1) is 11.4 Å². The predicted octanol–water partition coefficient (Wildman–Crippen LogP) is 4.38. The van der Waals surface area contributed by atoms with Crippen molar-refractivity contribution in [3.63, 3.8) is 0 Å². The number of hydrogen-bond donors (Lipinski definition) is 2. The van der Waals surface area contributed by atoms with Crippen LogP contribution in [0.3, 0.4) is 0 Å². The van der Waals surface area contributed by atoms with E-state index in [2.05, 4.69) is 10.6 Å². The lowest BCUT2D eigenvalue weighted by molar-refractivity contribution is 0.0636. The number of carbonyl (C=O) groups is 1. The van der Waals surface area contributed by atoms with Gasteiger partial charge in [-0.05, 0) is 57.7 Å². The minimum Gasteiger partial charge on any atom is -0.444 e. The van der Waals surface area contributed by atoms with Crippen LogP contribution in [0.1, 0.15) is 40.0 Å². The van der Waals surface area contributed by atoms with Gasteiger partial charge in [-0.15, -0.1) is 0 Å². The van der Waals surface area contributed by atoms with Gasteiger partial charge in [-0.2, -0.15) is 0 Å². The third-order valence-corrected chi connectivity index (χ3v) is 3.42. The molecule has 1 aromatic rings. The van der Waals surface area contributed by atoms with E-state index in [-0.39, 0.29) is 5.82 Å². The van der Waals surface area contributed by atoms with Crippen molar-refractivity contribution >= 4 is 17.5 Å². The van der Waals surface area contributed by atoms with Crippen molar-refractivity contribution in [3.05, 3.63) is 24.0 Å². The Morgan fingerprint density at radius 1 is 1.33 bits per heavy atom. The van der Waals surface area contributed by atoms with Crippen LogP contribution in [0, 0.1) is 11.7 Å². The molecule has 116 valence electrons. The Labute approximate surface area is 125 Å². The second-order valence-corrected chi connectivity index (χ2v) is 6.49. The van der Waals surface area contributed by atoms with Crippen LogP contribution in [-0.2, 0) is 4.74 Å². The molecular weight excluding hydrogens is 271 g/mol. The third kappa shape index (κ3) is 4.92. The van der Waals surface area contributed by atoms with Crippen molar-refractivity contribution in [3.8, 4) is 0 Å². The van der Waals surface area contributed by atoms with Crippen molar-refractivity contribution in [2.45, 2.75) is 45.6 Å². The van der Waals surface area contributed by atoms with Crippen LogP contribution >= 0.6 is 0 Å².